The zero-order valence-corrected chi connectivity index (χ0v) is 19.5. The Kier molecular flexibility index (Phi) is 7.10. The zero-order chi connectivity index (χ0) is 26.5. The molecule has 0 aliphatic carbocycles. The number of anilines is 1. The molecule has 4 amide bonds. The molecule has 10 nitrogen and oxygen atoms in total. The van der Waals surface area contributed by atoms with Gasteiger partial charge in [-0.05, 0) is 65.7 Å². The molecule has 37 heavy (non-hydrogen) atoms. The van der Waals surface area contributed by atoms with Gasteiger partial charge in [0.1, 0.15) is 17.9 Å². The van der Waals surface area contributed by atoms with Crippen LogP contribution < -0.4 is 15.0 Å². The van der Waals surface area contributed by atoms with Crippen molar-refractivity contribution in [3.8, 4) is 5.75 Å². The number of ether oxygens (including phenoxy) is 2. The molecule has 3 aromatic carbocycles. The molecule has 1 aliphatic heterocycles. The predicted molar refractivity (Wildman–Crippen MR) is 131 cm³/mol. The fourth-order valence-electron chi connectivity index (χ4n) is 3.49. The van der Waals surface area contributed by atoms with Crippen LogP contribution in [0.3, 0.4) is 0 Å². The van der Waals surface area contributed by atoms with Gasteiger partial charge < -0.3 is 14.6 Å². The fourth-order valence-corrected chi connectivity index (χ4v) is 3.49. The standard InChI is InChI=1S/C27H20N2O8/c1-36-26(34)19-8-10-20(11-9-19)29-24(31)22(23(30)28-27(29)35)14-16-4-12-21(13-5-16)37-15-17-2-6-18(7-3-17)25(32)33/h2-14H,15H2,1H3,(H,32,33)(H,28,30,35)/b22-14+. The number of carboxylic acid groups (broad SMARTS) is 1. The third-order valence-corrected chi connectivity index (χ3v) is 5.45. The predicted octanol–water partition coefficient (Wildman–Crippen LogP) is 3.42. The molecule has 0 radical (unpaired) electrons. The van der Waals surface area contributed by atoms with Gasteiger partial charge in [0.25, 0.3) is 11.8 Å². The first-order valence-corrected chi connectivity index (χ1v) is 10.9. The third-order valence-electron chi connectivity index (χ3n) is 5.45. The van der Waals surface area contributed by atoms with Gasteiger partial charge in [-0.25, -0.2) is 19.3 Å². The topological polar surface area (TPSA) is 139 Å². The Hall–Kier alpha value is -5.25. The molecule has 4 rings (SSSR count). The maximum atomic E-state index is 13.0. The van der Waals surface area contributed by atoms with Crippen molar-refractivity contribution in [1.82, 2.24) is 5.32 Å². The van der Waals surface area contributed by atoms with Crippen molar-refractivity contribution in [2.75, 3.05) is 12.0 Å². The summed E-state index contributed by atoms with van der Waals surface area (Å²) in [5, 5.41) is 11.1. The Morgan fingerprint density at radius 2 is 1.51 bits per heavy atom. The number of carbonyl (C=O) groups excluding carboxylic acids is 4. The lowest BCUT2D eigenvalue weighted by atomic mass is 10.1. The first-order chi connectivity index (χ1) is 17.8. The van der Waals surface area contributed by atoms with E-state index in [1.54, 1.807) is 36.4 Å². The van der Waals surface area contributed by atoms with Crippen molar-refractivity contribution >= 4 is 41.5 Å². The van der Waals surface area contributed by atoms with Gasteiger partial charge >= 0.3 is 18.0 Å². The van der Waals surface area contributed by atoms with E-state index in [0.717, 1.165) is 10.5 Å². The van der Waals surface area contributed by atoms with Crippen LogP contribution in [-0.4, -0.2) is 42.0 Å². The van der Waals surface area contributed by atoms with Crippen molar-refractivity contribution < 1.29 is 38.6 Å². The quantitative estimate of drug-likeness (QED) is 0.286. The first kappa shape index (κ1) is 24.9. The normalized spacial score (nSPS) is 14.4. The summed E-state index contributed by atoms with van der Waals surface area (Å²) in [6.07, 6.45) is 1.36. The summed E-state index contributed by atoms with van der Waals surface area (Å²) in [7, 11) is 1.24. The van der Waals surface area contributed by atoms with Gasteiger partial charge in [-0.3, -0.25) is 14.9 Å². The van der Waals surface area contributed by atoms with E-state index in [1.165, 1.54) is 49.6 Å². The van der Waals surface area contributed by atoms with Gasteiger partial charge in [-0.1, -0.05) is 24.3 Å². The van der Waals surface area contributed by atoms with Crippen molar-refractivity contribution in [3.63, 3.8) is 0 Å². The van der Waals surface area contributed by atoms with Crippen LogP contribution in [0.4, 0.5) is 10.5 Å². The molecule has 0 spiro atoms. The molecular weight excluding hydrogens is 480 g/mol. The summed E-state index contributed by atoms with van der Waals surface area (Å²) in [5.74, 6) is -2.70. The number of hydrogen-bond donors (Lipinski definition) is 2. The van der Waals surface area contributed by atoms with Crippen molar-refractivity contribution in [2.45, 2.75) is 6.61 Å². The molecule has 10 heteroatoms. The second kappa shape index (κ2) is 10.6. The molecule has 186 valence electrons. The summed E-state index contributed by atoms with van der Waals surface area (Å²) < 4.78 is 10.3. The molecular formula is C27H20N2O8. The van der Waals surface area contributed by atoms with Gasteiger partial charge in [0.15, 0.2) is 0 Å². The lowest BCUT2D eigenvalue weighted by Crippen LogP contribution is -2.54. The summed E-state index contributed by atoms with van der Waals surface area (Å²) in [4.78, 5) is 61.2. The Morgan fingerprint density at radius 1 is 0.892 bits per heavy atom. The van der Waals surface area contributed by atoms with E-state index in [4.69, 9.17) is 9.84 Å². The van der Waals surface area contributed by atoms with E-state index in [0.29, 0.717) is 11.3 Å². The van der Waals surface area contributed by atoms with Crippen molar-refractivity contribution in [1.29, 1.82) is 0 Å². The average molecular weight is 500 g/mol. The Morgan fingerprint density at radius 3 is 2.11 bits per heavy atom. The van der Waals surface area contributed by atoms with Gasteiger partial charge in [0.2, 0.25) is 0 Å². The number of barbiturate groups is 1. The number of carboxylic acids is 1. The number of amides is 4. The van der Waals surface area contributed by atoms with E-state index < -0.39 is 29.8 Å². The summed E-state index contributed by atoms with van der Waals surface area (Å²) in [5.41, 5.74) is 1.65. The summed E-state index contributed by atoms with van der Waals surface area (Å²) in [6.45, 7) is 0.215. The van der Waals surface area contributed by atoms with Crippen molar-refractivity contribution in [3.05, 3.63) is 101 Å². The van der Waals surface area contributed by atoms with Crippen LogP contribution in [0.25, 0.3) is 6.08 Å². The van der Waals surface area contributed by atoms with Gasteiger partial charge in [-0.2, -0.15) is 0 Å². The second-order valence-corrected chi connectivity index (χ2v) is 7.86. The van der Waals surface area contributed by atoms with Crippen LogP contribution in [0, 0.1) is 0 Å². The molecule has 1 saturated heterocycles. The number of nitrogens with zero attached hydrogens (tertiary/aromatic N) is 1. The second-order valence-electron chi connectivity index (χ2n) is 7.86. The lowest BCUT2D eigenvalue weighted by molar-refractivity contribution is -0.122. The van der Waals surface area contributed by atoms with E-state index in [2.05, 4.69) is 10.1 Å². The highest BCUT2D eigenvalue weighted by atomic mass is 16.5. The smallest absolute Gasteiger partial charge is 0.337 e. The Bertz CT molecular complexity index is 1410. The molecule has 0 atom stereocenters. The molecule has 0 aromatic heterocycles. The van der Waals surface area contributed by atoms with E-state index in [1.807, 2.05) is 0 Å². The summed E-state index contributed by atoms with van der Waals surface area (Å²) >= 11 is 0. The highest BCUT2D eigenvalue weighted by Gasteiger charge is 2.36. The average Bonchev–Trinajstić information content (AvgIpc) is 2.90. The number of esters is 1. The number of imide groups is 2. The van der Waals surface area contributed by atoms with Gasteiger partial charge in [0, 0.05) is 0 Å². The fraction of sp³-hybridized carbons (Fsp3) is 0.0741. The minimum absolute atomic E-state index is 0.175. The van der Waals surface area contributed by atoms with Gasteiger partial charge in [0.05, 0.1) is 23.9 Å². The van der Waals surface area contributed by atoms with Crippen molar-refractivity contribution in [2.24, 2.45) is 0 Å². The van der Waals surface area contributed by atoms with Crippen LogP contribution in [0.15, 0.2) is 78.4 Å². The highest BCUT2D eigenvalue weighted by molar-refractivity contribution is 6.39. The van der Waals surface area contributed by atoms with Crippen LogP contribution in [0.5, 0.6) is 5.75 Å². The number of carbonyl (C=O) groups is 5. The molecule has 2 N–H and O–H groups in total. The minimum Gasteiger partial charge on any atom is -0.489 e. The molecule has 0 unspecified atom stereocenters. The highest BCUT2D eigenvalue weighted by Crippen LogP contribution is 2.23. The molecule has 1 fully saturated rings. The molecule has 1 aliphatic rings. The molecule has 3 aromatic rings. The van der Waals surface area contributed by atoms with Crippen LogP contribution in [-0.2, 0) is 20.9 Å². The van der Waals surface area contributed by atoms with Gasteiger partial charge in [-0.15, -0.1) is 0 Å². The van der Waals surface area contributed by atoms with Crippen LogP contribution in [0.1, 0.15) is 31.8 Å². The number of methoxy groups -OCH3 is 1. The number of hydrogen-bond acceptors (Lipinski definition) is 7. The maximum absolute atomic E-state index is 13.0. The largest absolute Gasteiger partial charge is 0.489 e. The Balaban J connectivity index is 1.47. The number of rotatable bonds is 7. The maximum Gasteiger partial charge on any atom is 0.337 e. The number of nitrogens with one attached hydrogen (secondary N) is 1. The SMILES string of the molecule is COC(=O)c1ccc(N2C(=O)NC(=O)/C(=C\c3ccc(OCc4ccc(C(=O)O)cc4)cc3)C2=O)cc1. The zero-order valence-electron chi connectivity index (χ0n) is 19.5. The molecule has 1 heterocycles. The number of urea groups is 1. The monoisotopic (exact) mass is 500 g/mol. The summed E-state index contributed by atoms with van der Waals surface area (Å²) in [6, 6.07) is 17.6. The minimum atomic E-state index is -1.01. The van der Waals surface area contributed by atoms with E-state index in [-0.39, 0.29) is 29.0 Å². The first-order valence-electron chi connectivity index (χ1n) is 10.9. The van der Waals surface area contributed by atoms with E-state index in [9.17, 15) is 24.0 Å². The van der Waals surface area contributed by atoms with Crippen LogP contribution >= 0.6 is 0 Å². The molecule has 0 bridgehead atoms. The van der Waals surface area contributed by atoms with Crippen LogP contribution in [0.2, 0.25) is 0 Å². The number of aromatic carboxylic acids is 1. The Labute approximate surface area is 210 Å². The third kappa shape index (κ3) is 5.54. The lowest BCUT2D eigenvalue weighted by Gasteiger charge is -2.26. The number of benzene rings is 3. The van der Waals surface area contributed by atoms with E-state index >= 15 is 0 Å². The molecule has 0 saturated carbocycles.